The highest BCUT2D eigenvalue weighted by molar-refractivity contribution is 7.89. The van der Waals surface area contributed by atoms with Crippen LogP contribution < -0.4 is 9.62 Å². The van der Waals surface area contributed by atoms with Crippen molar-refractivity contribution in [1.82, 2.24) is 4.72 Å². The maximum atomic E-state index is 12.6. The molecule has 8 heteroatoms. The number of para-hydroxylation sites is 1. The van der Waals surface area contributed by atoms with E-state index in [-0.39, 0.29) is 17.0 Å². The van der Waals surface area contributed by atoms with E-state index in [0.717, 1.165) is 5.56 Å². The third-order valence-electron chi connectivity index (χ3n) is 4.79. The van der Waals surface area contributed by atoms with E-state index in [9.17, 15) is 18.0 Å². The van der Waals surface area contributed by atoms with Crippen LogP contribution in [0, 0.1) is 0 Å². The third kappa shape index (κ3) is 5.81. The number of hydrogen-bond donors (Lipinski definition) is 1. The molecule has 0 heterocycles. The molecule has 0 radical (unpaired) electrons. The zero-order valence-corrected chi connectivity index (χ0v) is 18.6. The van der Waals surface area contributed by atoms with Crippen molar-refractivity contribution in [2.24, 2.45) is 0 Å². The van der Waals surface area contributed by atoms with Crippen molar-refractivity contribution in [3.8, 4) is 0 Å². The van der Waals surface area contributed by atoms with E-state index in [4.69, 9.17) is 4.74 Å². The Morgan fingerprint density at radius 3 is 2.22 bits per heavy atom. The van der Waals surface area contributed by atoms with Gasteiger partial charge in [0.1, 0.15) is 0 Å². The molecule has 3 aromatic carbocycles. The van der Waals surface area contributed by atoms with Gasteiger partial charge in [0, 0.05) is 19.3 Å². The first-order valence-corrected chi connectivity index (χ1v) is 11.4. The van der Waals surface area contributed by atoms with E-state index in [1.54, 1.807) is 43.4 Å². The molecule has 3 rings (SSSR count). The number of esters is 1. The normalized spacial score (nSPS) is 12.1. The Labute approximate surface area is 187 Å². The van der Waals surface area contributed by atoms with Crippen LogP contribution in [0.5, 0.6) is 0 Å². The Hall–Kier alpha value is -3.49. The molecule has 0 aliphatic carbocycles. The van der Waals surface area contributed by atoms with Crippen LogP contribution in [0.4, 0.5) is 5.69 Å². The second kappa shape index (κ2) is 10.2. The highest BCUT2D eigenvalue weighted by Gasteiger charge is 2.24. The summed E-state index contributed by atoms with van der Waals surface area (Å²) in [5, 5.41) is 0. The van der Waals surface area contributed by atoms with E-state index in [1.165, 1.54) is 36.1 Å². The van der Waals surface area contributed by atoms with Crippen molar-refractivity contribution in [1.29, 1.82) is 0 Å². The number of nitrogens with one attached hydrogen (secondary N) is 1. The maximum Gasteiger partial charge on any atom is 0.338 e. The van der Waals surface area contributed by atoms with Gasteiger partial charge in [-0.2, -0.15) is 0 Å². The van der Waals surface area contributed by atoms with Crippen molar-refractivity contribution < 1.29 is 22.7 Å². The van der Waals surface area contributed by atoms with Gasteiger partial charge >= 0.3 is 5.97 Å². The van der Waals surface area contributed by atoms with Crippen molar-refractivity contribution in [3.63, 3.8) is 0 Å². The molecule has 0 saturated carbocycles. The number of sulfonamides is 1. The maximum absolute atomic E-state index is 12.6. The first-order valence-electron chi connectivity index (χ1n) is 9.95. The minimum atomic E-state index is -3.84. The molecule has 0 aliphatic rings. The molecule has 3 aromatic rings. The van der Waals surface area contributed by atoms with Gasteiger partial charge in [-0.3, -0.25) is 4.79 Å². The summed E-state index contributed by atoms with van der Waals surface area (Å²) in [4.78, 5) is 26.5. The number of amides is 1. The zero-order valence-electron chi connectivity index (χ0n) is 17.8. The Morgan fingerprint density at radius 1 is 0.938 bits per heavy atom. The van der Waals surface area contributed by atoms with Crippen LogP contribution in [0.1, 0.15) is 22.8 Å². The molecule has 166 valence electrons. The second-order valence-corrected chi connectivity index (χ2v) is 8.89. The molecular weight excluding hydrogens is 428 g/mol. The molecule has 0 unspecified atom stereocenters. The fourth-order valence-electron chi connectivity index (χ4n) is 2.98. The van der Waals surface area contributed by atoms with E-state index >= 15 is 0 Å². The van der Waals surface area contributed by atoms with Gasteiger partial charge in [0.2, 0.25) is 10.0 Å². The van der Waals surface area contributed by atoms with E-state index in [1.807, 2.05) is 24.3 Å². The summed E-state index contributed by atoms with van der Waals surface area (Å²) in [5.74, 6) is -1.19. The molecule has 1 atom stereocenters. The van der Waals surface area contributed by atoms with Crippen molar-refractivity contribution in [3.05, 3.63) is 96.1 Å². The van der Waals surface area contributed by atoms with Gasteiger partial charge in [-0.05, 0) is 42.8 Å². The number of rotatable bonds is 8. The number of likely N-dealkylation sites (N-methyl/N-ethyl adjacent to an activating group) is 1. The summed E-state index contributed by atoms with van der Waals surface area (Å²) in [6.45, 7) is 1.59. The van der Waals surface area contributed by atoms with Gasteiger partial charge in [0.05, 0.1) is 10.5 Å². The van der Waals surface area contributed by atoms with Gasteiger partial charge in [-0.15, -0.1) is 0 Å². The Morgan fingerprint density at radius 2 is 1.56 bits per heavy atom. The predicted octanol–water partition coefficient (Wildman–Crippen LogP) is 3.37. The van der Waals surface area contributed by atoms with Crippen LogP contribution in [0.3, 0.4) is 0 Å². The van der Waals surface area contributed by atoms with Gasteiger partial charge < -0.3 is 9.64 Å². The van der Waals surface area contributed by atoms with Crippen LogP contribution in [0.15, 0.2) is 89.8 Å². The molecule has 7 nitrogen and oxygen atoms in total. The van der Waals surface area contributed by atoms with Gasteiger partial charge in [-0.25, -0.2) is 17.9 Å². The molecule has 0 fully saturated rings. The van der Waals surface area contributed by atoms with E-state index in [0.29, 0.717) is 5.69 Å². The van der Waals surface area contributed by atoms with E-state index in [2.05, 4.69) is 4.72 Å². The summed E-state index contributed by atoms with van der Waals surface area (Å²) in [5.41, 5.74) is 1.51. The molecule has 32 heavy (non-hydrogen) atoms. The van der Waals surface area contributed by atoms with Gasteiger partial charge in [0.25, 0.3) is 5.91 Å². The largest absolute Gasteiger partial charge is 0.449 e. The highest BCUT2D eigenvalue weighted by atomic mass is 32.2. The topological polar surface area (TPSA) is 92.8 Å². The van der Waals surface area contributed by atoms with Crippen LogP contribution >= 0.6 is 0 Å². The smallest absolute Gasteiger partial charge is 0.338 e. The average Bonchev–Trinajstić information content (AvgIpc) is 2.83. The summed E-state index contributed by atoms with van der Waals surface area (Å²) >= 11 is 0. The first-order chi connectivity index (χ1) is 15.3. The number of anilines is 1. The molecular formula is C24H24N2O5S. The van der Waals surface area contributed by atoms with Gasteiger partial charge in [0.15, 0.2) is 6.10 Å². The van der Waals surface area contributed by atoms with Crippen molar-refractivity contribution >= 4 is 27.6 Å². The standard InChI is InChI=1S/C24H24N2O5S/c1-18(23(27)26(2)21-13-7-4-8-14-21)31-24(28)20-12-9-15-22(16-20)32(29,30)25-17-19-10-5-3-6-11-19/h3-16,18,25H,17H2,1-2H3/t18-/m1/s1. The number of ether oxygens (including phenoxy) is 1. The number of hydrogen-bond acceptors (Lipinski definition) is 5. The summed E-state index contributed by atoms with van der Waals surface area (Å²) in [6.07, 6.45) is -1.05. The monoisotopic (exact) mass is 452 g/mol. The fraction of sp³-hybridized carbons (Fsp3) is 0.167. The van der Waals surface area contributed by atoms with E-state index < -0.39 is 28.0 Å². The lowest BCUT2D eigenvalue weighted by atomic mass is 10.2. The van der Waals surface area contributed by atoms with Crippen molar-refractivity contribution in [2.75, 3.05) is 11.9 Å². The summed E-state index contributed by atoms with van der Waals surface area (Å²) in [6, 6.07) is 23.6. The Bertz CT molecular complexity index is 1180. The van der Waals surface area contributed by atoms with Crippen LogP contribution in [-0.4, -0.2) is 33.4 Å². The molecule has 1 amide bonds. The van der Waals surface area contributed by atoms with Crippen LogP contribution in [0.25, 0.3) is 0 Å². The van der Waals surface area contributed by atoms with Crippen LogP contribution in [-0.2, 0) is 26.1 Å². The number of carbonyl (C=O) groups excluding carboxylic acids is 2. The van der Waals surface area contributed by atoms with Gasteiger partial charge in [-0.1, -0.05) is 54.6 Å². The minimum absolute atomic E-state index is 0.0367. The molecule has 0 aromatic heterocycles. The zero-order chi connectivity index (χ0) is 23.1. The quantitative estimate of drug-likeness (QED) is 0.529. The fourth-order valence-corrected chi connectivity index (χ4v) is 4.04. The minimum Gasteiger partial charge on any atom is -0.449 e. The summed E-state index contributed by atoms with van der Waals surface area (Å²) in [7, 11) is -2.25. The summed E-state index contributed by atoms with van der Waals surface area (Å²) < 4.78 is 33.1. The number of nitrogens with zero attached hydrogens (tertiary/aromatic N) is 1. The van der Waals surface area contributed by atoms with Crippen molar-refractivity contribution in [2.45, 2.75) is 24.5 Å². The second-order valence-electron chi connectivity index (χ2n) is 7.12. The molecule has 0 aliphatic heterocycles. The lowest BCUT2D eigenvalue weighted by Crippen LogP contribution is -2.37. The number of benzene rings is 3. The molecule has 0 bridgehead atoms. The number of carbonyl (C=O) groups is 2. The highest BCUT2D eigenvalue weighted by Crippen LogP contribution is 2.16. The SMILES string of the molecule is C[C@@H](OC(=O)c1cccc(S(=O)(=O)NCc2ccccc2)c1)C(=O)N(C)c1ccccc1. The Balaban J connectivity index is 1.67. The lowest BCUT2D eigenvalue weighted by Gasteiger charge is -2.21. The molecule has 0 saturated heterocycles. The third-order valence-corrected chi connectivity index (χ3v) is 6.19. The molecule has 0 spiro atoms. The Kier molecular flexibility index (Phi) is 7.40. The molecule has 1 N–H and O–H groups in total. The average molecular weight is 453 g/mol. The lowest BCUT2D eigenvalue weighted by molar-refractivity contribution is -0.126. The first kappa shape index (κ1) is 23.2. The van der Waals surface area contributed by atoms with Crippen LogP contribution in [0.2, 0.25) is 0 Å². The predicted molar refractivity (Wildman–Crippen MR) is 122 cm³/mol.